The van der Waals surface area contributed by atoms with Crippen LogP contribution in [-0.2, 0) is 0 Å². The standard InChI is InChI=1S/C7H15.ClH.Mg/c1-5-7(4)6(2)3;;/h7H,5H2,1-4H3;1H;/q-1;;+2/p-1. The quantitative estimate of drug-likeness (QED) is 0.368. The Morgan fingerprint density at radius 2 is 1.67 bits per heavy atom. The second kappa shape index (κ2) is 9.06. The molecule has 0 aromatic heterocycles. The van der Waals surface area contributed by atoms with Crippen molar-refractivity contribution in [1.82, 2.24) is 0 Å². The molecule has 9 heavy (non-hydrogen) atoms. The molecule has 0 rings (SSSR count). The van der Waals surface area contributed by atoms with Crippen LogP contribution in [0.15, 0.2) is 0 Å². The third-order valence-corrected chi connectivity index (χ3v) is 1.60. The van der Waals surface area contributed by atoms with Crippen LogP contribution in [-0.4, -0.2) is 23.1 Å². The Labute approximate surface area is 81.4 Å². The van der Waals surface area contributed by atoms with E-state index in [1.54, 1.807) is 5.92 Å². The molecule has 0 radical (unpaired) electrons. The molecule has 0 saturated heterocycles. The molecular formula is C7H15ClMg. The molecule has 1 atom stereocenters. The van der Waals surface area contributed by atoms with Gasteiger partial charge in [0.05, 0.1) is 0 Å². The van der Waals surface area contributed by atoms with Gasteiger partial charge in [-0.3, -0.25) is 0 Å². The summed E-state index contributed by atoms with van der Waals surface area (Å²) in [5.74, 6) is 2.36. The van der Waals surface area contributed by atoms with Gasteiger partial charge in [0.2, 0.25) is 0 Å². The van der Waals surface area contributed by atoms with Crippen LogP contribution in [0.1, 0.15) is 34.1 Å². The molecule has 0 heterocycles. The second-order valence-electron chi connectivity index (χ2n) is 2.39. The van der Waals surface area contributed by atoms with Gasteiger partial charge in [0.25, 0.3) is 0 Å². The molecule has 0 aromatic rings. The van der Waals surface area contributed by atoms with Crippen LogP contribution >= 0.6 is 0 Å². The largest absolute Gasteiger partial charge is 2.00 e. The van der Waals surface area contributed by atoms with Crippen molar-refractivity contribution in [2.75, 3.05) is 0 Å². The molecule has 0 aliphatic carbocycles. The van der Waals surface area contributed by atoms with Crippen LogP contribution in [0.5, 0.6) is 0 Å². The fourth-order valence-corrected chi connectivity index (χ4v) is 0.408. The van der Waals surface area contributed by atoms with E-state index >= 15 is 0 Å². The van der Waals surface area contributed by atoms with Gasteiger partial charge in [-0.05, 0) is 0 Å². The summed E-state index contributed by atoms with van der Waals surface area (Å²) in [4.78, 5) is 0. The van der Waals surface area contributed by atoms with Crippen molar-refractivity contribution >= 4 is 23.1 Å². The fourth-order valence-electron chi connectivity index (χ4n) is 0.408. The monoisotopic (exact) mass is 158 g/mol. The third-order valence-electron chi connectivity index (χ3n) is 1.60. The van der Waals surface area contributed by atoms with E-state index in [1.165, 1.54) is 6.42 Å². The van der Waals surface area contributed by atoms with Crippen LogP contribution in [0.25, 0.3) is 0 Å². The Morgan fingerprint density at radius 3 is 1.67 bits per heavy atom. The molecule has 2 heteroatoms. The summed E-state index contributed by atoms with van der Waals surface area (Å²) >= 11 is 0. The van der Waals surface area contributed by atoms with E-state index in [1.807, 2.05) is 0 Å². The van der Waals surface area contributed by atoms with Crippen LogP contribution in [0.3, 0.4) is 0 Å². The SMILES string of the molecule is CCC(C)[C-](C)C.[Cl-].[Mg+2]. The van der Waals surface area contributed by atoms with Crippen molar-refractivity contribution in [3.8, 4) is 0 Å². The first-order valence-electron chi connectivity index (χ1n) is 2.98. The van der Waals surface area contributed by atoms with Gasteiger partial charge in [0.1, 0.15) is 0 Å². The van der Waals surface area contributed by atoms with Gasteiger partial charge in [0.15, 0.2) is 0 Å². The zero-order chi connectivity index (χ0) is 5.86. The van der Waals surface area contributed by atoms with Gasteiger partial charge in [-0.1, -0.05) is 20.3 Å². The van der Waals surface area contributed by atoms with Gasteiger partial charge in [-0.15, -0.1) is 0 Å². The fraction of sp³-hybridized carbons (Fsp3) is 0.857. The van der Waals surface area contributed by atoms with Crippen molar-refractivity contribution in [3.63, 3.8) is 0 Å². The van der Waals surface area contributed by atoms with Crippen LogP contribution < -0.4 is 12.4 Å². The van der Waals surface area contributed by atoms with Crippen LogP contribution in [0, 0.1) is 11.8 Å². The summed E-state index contributed by atoms with van der Waals surface area (Å²) in [5, 5.41) is 0. The average molecular weight is 159 g/mol. The second-order valence-corrected chi connectivity index (χ2v) is 2.39. The maximum Gasteiger partial charge on any atom is 2.00 e. The van der Waals surface area contributed by atoms with E-state index < -0.39 is 0 Å². The van der Waals surface area contributed by atoms with Crippen molar-refractivity contribution in [3.05, 3.63) is 5.92 Å². The molecule has 0 nitrogen and oxygen atoms in total. The van der Waals surface area contributed by atoms with E-state index in [2.05, 4.69) is 27.7 Å². The van der Waals surface area contributed by atoms with Crippen molar-refractivity contribution in [2.45, 2.75) is 34.1 Å². The summed E-state index contributed by atoms with van der Waals surface area (Å²) < 4.78 is 0. The van der Waals surface area contributed by atoms with Gasteiger partial charge >= 0.3 is 23.1 Å². The number of halogens is 1. The number of rotatable bonds is 2. The molecule has 0 amide bonds. The minimum atomic E-state index is 0. The Morgan fingerprint density at radius 1 is 1.33 bits per heavy atom. The van der Waals surface area contributed by atoms with E-state index in [4.69, 9.17) is 0 Å². The smallest absolute Gasteiger partial charge is 1.00 e. The molecule has 0 aliphatic rings. The number of hydrogen-bond donors (Lipinski definition) is 0. The summed E-state index contributed by atoms with van der Waals surface area (Å²) in [6.07, 6.45) is 1.28. The Balaban J connectivity index is -0.000000180. The Bertz CT molecular complexity index is 46.2. The molecule has 0 N–H and O–H groups in total. The maximum absolute atomic E-state index is 2.26. The molecule has 0 bridgehead atoms. The zero-order valence-electron chi connectivity index (χ0n) is 6.87. The van der Waals surface area contributed by atoms with Crippen molar-refractivity contribution in [1.29, 1.82) is 0 Å². The van der Waals surface area contributed by atoms with Gasteiger partial charge < -0.3 is 18.3 Å². The third kappa shape index (κ3) is 9.06. The predicted octanol–water partition coefficient (Wildman–Crippen LogP) is -0.730. The predicted molar refractivity (Wildman–Crippen MR) is 39.8 cm³/mol. The molecule has 0 aliphatic heterocycles. The zero-order valence-corrected chi connectivity index (χ0v) is 9.04. The first-order valence-corrected chi connectivity index (χ1v) is 2.98. The molecule has 1 unspecified atom stereocenters. The maximum atomic E-state index is 2.26. The first-order chi connectivity index (χ1) is 3.18. The van der Waals surface area contributed by atoms with Gasteiger partial charge in [0, 0.05) is 0 Å². The van der Waals surface area contributed by atoms with Crippen LogP contribution in [0.4, 0.5) is 0 Å². The van der Waals surface area contributed by atoms with Crippen LogP contribution in [0.2, 0.25) is 0 Å². The molecule has 0 fully saturated rings. The number of hydrogen-bond acceptors (Lipinski definition) is 0. The minimum absolute atomic E-state index is 0. The Hall–Kier alpha value is 1.06. The topological polar surface area (TPSA) is 0 Å². The van der Waals surface area contributed by atoms with Crippen molar-refractivity contribution in [2.24, 2.45) is 5.92 Å². The average Bonchev–Trinajstić information content (AvgIpc) is 1.65. The molecule has 0 aromatic carbocycles. The Kier molecular flexibility index (Phi) is 16.7. The van der Waals surface area contributed by atoms with E-state index in [-0.39, 0.29) is 35.5 Å². The van der Waals surface area contributed by atoms with Crippen molar-refractivity contribution < 1.29 is 12.4 Å². The normalized spacial score (nSPS) is 11.7. The first kappa shape index (κ1) is 16.6. The van der Waals surface area contributed by atoms with Gasteiger partial charge in [-0.25, -0.2) is 0 Å². The molecular weight excluding hydrogens is 144 g/mol. The molecule has 52 valence electrons. The molecule has 0 spiro atoms. The summed E-state index contributed by atoms with van der Waals surface area (Å²) in [6, 6.07) is 0. The minimum Gasteiger partial charge on any atom is -1.00 e. The summed E-state index contributed by atoms with van der Waals surface area (Å²) in [6.45, 7) is 8.86. The van der Waals surface area contributed by atoms with E-state index in [0.29, 0.717) is 0 Å². The summed E-state index contributed by atoms with van der Waals surface area (Å²) in [7, 11) is 0. The van der Waals surface area contributed by atoms with Gasteiger partial charge in [-0.2, -0.15) is 19.8 Å². The summed E-state index contributed by atoms with van der Waals surface area (Å²) in [5.41, 5.74) is 0. The molecule has 0 saturated carbocycles. The van der Waals surface area contributed by atoms with E-state index in [0.717, 1.165) is 5.92 Å². The van der Waals surface area contributed by atoms with E-state index in [9.17, 15) is 0 Å².